The van der Waals surface area contributed by atoms with E-state index in [1.54, 1.807) is 0 Å². The van der Waals surface area contributed by atoms with Crippen LogP contribution in [0.5, 0.6) is 0 Å². The van der Waals surface area contributed by atoms with Gasteiger partial charge in [-0.1, -0.05) is 71.7 Å². The van der Waals surface area contributed by atoms with Crippen LogP contribution in [-0.2, 0) is 11.2 Å². The summed E-state index contributed by atoms with van der Waals surface area (Å²) in [6.07, 6.45) is 0.730. The Morgan fingerprint density at radius 3 is 2.48 bits per heavy atom. The Morgan fingerprint density at radius 1 is 1.07 bits per heavy atom. The number of nitrogens with one attached hydrogen (secondary N) is 1. The summed E-state index contributed by atoms with van der Waals surface area (Å²) in [5.74, 6) is 0.739. The molecule has 0 spiro atoms. The second kappa shape index (κ2) is 8.97. The highest BCUT2D eigenvalue weighted by molar-refractivity contribution is 7.99. The first kappa shape index (κ1) is 20.0. The first-order valence-corrected chi connectivity index (χ1v) is 10.2. The van der Waals surface area contributed by atoms with Crippen LogP contribution < -0.4 is 5.32 Å². The maximum Gasteiger partial charge on any atom is 0.234 e. The number of para-hydroxylation sites is 1. The minimum Gasteiger partial charge on any atom is -0.324 e. The van der Waals surface area contributed by atoms with Crippen molar-refractivity contribution in [3.63, 3.8) is 0 Å². The van der Waals surface area contributed by atoms with Crippen LogP contribution in [-0.4, -0.2) is 26.4 Å². The molecule has 0 saturated heterocycles. The molecule has 1 amide bonds. The first-order chi connectivity index (χ1) is 13.0. The summed E-state index contributed by atoms with van der Waals surface area (Å²) < 4.78 is 1.95. The molecule has 1 aromatic heterocycles. The van der Waals surface area contributed by atoms with Crippen molar-refractivity contribution in [3.05, 3.63) is 63.4 Å². The number of carbonyl (C=O) groups excluding carboxylic acids is 1. The third-order valence-electron chi connectivity index (χ3n) is 3.65. The number of aromatic nitrogens is 3. The van der Waals surface area contributed by atoms with Crippen LogP contribution in [0.3, 0.4) is 0 Å². The quantitative estimate of drug-likeness (QED) is 0.404. The van der Waals surface area contributed by atoms with Gasteiger partial charge in [0.2, 0.25) is 5.91 Å². The third-order valence-corrected chi connectivity index (χ3v) is 5.61. The molecule has 9 heteroatoms. The molecule has 1 heterocycles. The van der Waals surface area contributed by atoms with Crippen molar-refractivity contribution in [2.45, 2.75) is 18.5 Å². The van der Waals surface area contributed by atoms with Gasteiger partial charge in [0.1, 0.15) is 5.82 Å². The number of nitrogens with zero attached hydrogens (tertiary/aromatic N) is 3. The van der Waals surface area contributed by atoms with E-state index in [-0.39, 0.29) is 11.7 Å². The smallest absolute Gasteiger partial charge is 0.234 e. The SMILES string of the molecule is CCc1nnc(SCC(=O)Nc2cc(Cl)c(Cl)cc2Cl)n1-c1ccccc1. The third kappa shape index (κ3) is 4.76. The van der Waals surface area contributed by atoms with Gasteiger partial charge in [-0.05, 0) is 24.3 Å². The number of carbonyl (C=O) groups is 1. The van der Waals surface area contributed by atoms with E-state index in [4.69, 9.17) is 34.8 Å². The number of hydrogen-bond donors (Lipinski definition) is 1. The van der Waals surface area contributed by atoms with E-state index in [2.05, 4.69) is 15.5 Å². The van der Waals surface area contributed by atoms with Crippen LogP contribution in [0.1, 0.15) is 12.7 Å². The minimum atomic E-state index is -0.235. The van der Waals surface area contributed by atoms with Gasteiger partial charge in [0, 0.05) is 12.1 Å². The molecule has 0 bridgehead atoms. The van der Waals surface area contributed by atoms with Crippen LogP contribution in [0.15, 0.2) is 47.6 Å². The number of aryl methyl sites for hydroxylation is 1. The lowest BCUT2D eigenvalue weighted by atomic mass is 10.3. The zero-order valence-electron chi connectivity index (χ0n) is 14.2. The van der Waals surface area contributed by atoms with Crippen LogP contribution in [0.2, 0.25) is 15.1 Å². The molecule has 3 aromatic rings. The molecule has 27 heavy (non-hydrogen) atoms. The molecule has 0 unspecified atom stereocenters. The van der Waals surface area contributed by atoms with Gasteiger partial charge in [-0.25, -0.2) is 0 Å². The van der Waals surface area contributed by atoms with Crippen molar-refractivity contribution in [1.82, 2.24) is 14.8 Å². The number of halogens is 3. The maximum absolute atomic E-state index is 12.3. The monoisotopic (exact) mass is 440 g/mol. The zero-order valence-corrected chi connectivity index (χ0v) is 17.3. The fraction of sp³-hybridized carbons (Fsp3) is 0.167. The van der Waals surface area contributed by atoms with Gasteiger partial charge < -0.3 is 5.32 Å². The Kier molecular flexibility index (Phi) is 6.65. The maximum atomic E-state index is 12.3. The van der Waals surface area contributed by atoms with Crippen LogP contribution in [0.25, 0.3) is 5.69 Å². The Bertz CT molecular complexity index is 963. The molecule has 2 aromatic carbocycles. The Balaban J connectivity index is 1.73. The number of hydrogen-bond acceptors (Lipinski definition) is 4. The van der Waals surface area contributed by atoms with E-state index in [0.717, 1.165) is 17.9 Å². The molecule has 0 aliphatic carbocycles. The van der Waals surface area contributed by atoms with Gasteiger partial charge in [0.05, 0.1) is 26.5 Å². The standard InChI is InChI=1S/C18H15Cl3N4OS/c1-2-16-23-24-18(25(16)11-6-4-3-5-7-11)27-10-17(26)22-15-9-13(20)12(19)8-14(15)21/h3-9H,2,10H2,1H3,(H,22,26). The number of anilines is 1. The topological polar surface area (TPSA) is 59.8 Å². The van der Waals surface area contributed by atoms with E-state index in [9.17, 15) is 4.79 Å². The predicted octanol–water partition coefficient (Wildman–Crippen LogP) is 5.52. The van der Waals surface area contributed by atoms with Crippen molar-refractivity contribution in [2.24, 2.45) is 0 Å². The van der Waals surface area contributed by atoms with Crippen molar-refractivity contribution in [2.75, 3.05) is 11.1 Å². The highest BCUT2D eigenvalue weighted by Crippen LogP contribution is 2.32. The Hall–Kier alpha value is -1.73. The Labute approximate surface area is 176 Å². The summed E-state index contributed by atoms with van der Waals surface area (Å²) in [7, 11) is 0. The van der Waals surface area contributed by atoms with Crippen molar-refractivity contribution in [3.8, 4) is 5.69 Å². The average Bonchev–Trinajstić information content (AvgIpc) is 3.08. The van der Waals surface area contributed by atoms with Gasteiger partial charge in [-0.15, -0.1) is 10.2 Å². The van der Waals surface area contributed by atoms with Gasteiger partial charge in [0.25, 0.3) is 0 Å². The Morgan fingerprint density at radius 2 is 1.78 bits per heavy atom. The normalized spacial score (nSPS) is 10.8. The van der Waals surface area contributed by atoms with Crippen molar-refractivity contribution < 1.29 is 4.79 Å². The fourth-order valence-corrected chi connectivity index (χ4v) is 3.76. The summed E-state index contributed by atoms with van der Waals surface area (Å²) in [6, 6.07) is 12.8. The largest absolute Gasteiger partial charge is 0.324 e. The summed E-state index contributed by atoms with van der Waals surface area (Å²) >= 11 is 19.3. The lowest BCUT2D eigenvalue weighted by Gasteiger charge is -2.10. The van der Waals surface area contributed by atoms with Gasteiger partial charge in [0.15, 0.2) is 5.16 Å². The number of amides is 1. The molecule has 3 rings (SSSR count). The van der Waals surface area contributed by atoms with E-state index in [1.807, 2.05) is 41.8 Å². The summed E-state index contributed by atoms with van der Waals surface area (Å²) in [6.45, 7) is 2.01. The number of benzene rings is 2. The molecule has 0 aliphatic rings. The highest BCUT2D eigenvalue weighted by Gasteiger charge is 2.15. The van der Waals surface area contributed by atoms with Crippen LogP contribution >= 0.6 is 46.6 Å². The molecule has 0 fully saturated rings. The van der Waals surface area contributed by atoms with Gasteiger partial charge in [-0.3, -0.25) is 9.36 Å². The molecule has 5 nitrogen and oxygen atoms in total. The van der Waals surface area contributed by atoms with E-state index >= 15 is 0 Å². The lowest BCUT2D eigenvalue weighted by molar-refractivity contribution is -0.113. The fourth-order valence-electron chi connectivity index (χ4n) is 2.39. The molecular weight excluding hydrogens is 427 g/mol. The van der Waals surface area contributed by atoms with E-state index < -0.39 is 0 Å². The lowest BCUT2D eigenvalue weighted by Crippen LogP contribution is -2.15. The van der Waals surface area contributed by atoms with Crippen LogP contribution in [0.4, 0.5) is 5.69 Å². The molecule has 0 saturated carbocycles. The number of thioether (sulfide) groups is 1. The second-order valence-corrected chi connectivity index (χ2v) is 7.67. The molecular formula is C18H15Cl3N4OS. The molecule has 140 valence electrons. The van der Waals surface area contributed by atoms with Crippen LogP contribution in [0, 0.1) is 0 Å². The summed E-state index contributed by atoms with van der Waals surface area (Å²) in [4.78, 5) is 12.3. The minimum absolute atomic E-state index is 0.144. The second-order valence-electron chi connectivity index (χ2n) is 5.51. The van der Waals surface area contributed by atoms with Crippen molar-refractivity contribution in [1.29, 1.82) is 0 Å². The summed E-state index contributed by atoms with van der Waals surface area (Å²) in [5, 5.41) is 12.8. The molecule has 1 N–H and O–H groups in total. The van der Waals surface area contributed by atoms with Gasteiger partial charge in [-0.2, -0.15) is 0 Å². The highest BCUT2D eigenvalue weighted by atomic mass is 35.5. The van der Waals surface area contributed by atoms with E-state index in [1.165, 1.54) is 23.9 Å². The van der Waals surface area contributed by atoms with Crippen molar-refractivity contribution >= 4 is 58.2 Å². The summed E-state index contributed by atoms with van der Waals surface area (Å²) in [5.41, 5.74) is 1.37. The average molecular weight is 442 g/mol. The number of rotatable bonds is 6. The van der Waals surface area contributed by atoms with E-state index in [0.29, 0.717) is 25.9 Å². The van der Waals surface area contributed by atoms with Gasteiger partial charge >= 0.3 is 0 Å². The first-order valence-electron chi connectivity index (χ1n) is 8.06. The predicted molar refractivity (Wildman–Crippen MR) is 112 cm³/mol. The zero-order chi connectivity index (χ0) is 19.4. The molecule has 0 atom stereocenters. The molecule has 0 aliphatic heterocycles. The molecule has 0 radical (unpaired) electrons.